The molecule has 2 rings (SSSR count). The minimum absolute atomic E-state index is 0.125. The Hall–Kier alpha value is -1.45. The van der Waals surface area contributed by atoms with Crippen LogP contribution >= 0.6 is 0 Å². The standard InChI is InChI=1S/C11H14O8/c12-2-7-8(15)9(16)10(17)11(19-7)6-1-4(13)5(14)3-18-6/h1,3,7-12,14-17H,2H2/t7-,8+,9+,10-,11-/m1/s1. The molecule has 0 radical (unpaired) electrons. The Bertz CT molecular complexity index is 496. The van der Waals surface area contributed by atoms with Crippen molar-refractivity contribution in [2.45, 2.75) is 30.5 Å². The summed E-state index contributed by atoms with van der Waals surface area (Å²) in [5.74, 6) is -0.729. The highest BCUT2D eigenvalue weighted by atomic mass is 16.6. The van der Waals surface area contributed by atoms with E-state index in [2.05, 4.69) is 0 Å². The molecule has 8 heteroatoms. The van der Waals surface area contributed by atoms with Gasteiger partial charge in [-0.2, -0.15) is 0 Å². The summed E-state index contributed by atoms with van der Waals surface area (Å²) in [4.78, 5) is 11.3. The van der Waals surface area contributed by atoms with Gasteiger partial charge in [-0.25, -0.2) is 0 Å². The maximum atomic E-state index is 11.3. The smallest absolute Gasteiger partial charge is 0.226 e. The van der Waals surface area contributed by atoms with E-state index in [4.69, 9.17) is 19.4 Å². The van der Waals surface area contributed by atoms with Gasteiger partial charge < -0.3 is 34.7 Å². The fourth-order valence-electron chi connectivity index (χ4n) is 1.91. The van der Waals surface area contributed by atoms with E-state index in [1.165, 1.54) is 0 Å². The van der Waals surface area contributed by atoms with Crippen LogP contribution < -0.4 is 5.43 Å². The largest absolute Gasteiger partial charge is 0.502 e. The summed E-state index contributed by atoms with van der Waals surface area (Å²) in [5.41, 5.74) is -0.738. The first-order valence-electron chi connectivity index (χ1n) is 5.58. The topological polar surface area (TPSA) is 141 Å². The van der Waals surface area contributed by atoms with Crippen LogP contribution in [0.25, 0.3) is 0 Å². The van der Waals surface area contributed by atoms with E-state index in [1.807, 2.05) is 0 Å². The van der Waals surface area contributed by atoms with Crippen LogP contribution in [0, 0.1) is 0 Å². The summed E-state index contributed by atoms with van der Waals surface area (Å²) >= 11 is 0. The van der Waals surface area contributed by atoms with Crippen LogP contribution in [0.4, 0.5) is 0 Å². The summed E-state index contributed by atoms with van der Waals surface area (Å²) in [7, 11) is 0. The van der Waals surface area contributed by atoms with Gasteiger partial charge in [0.25, 0.3) is 0 Å². The first-order valence-corrected chi connectivity index (χ1v) is 5.58. The first kappa shape index (κ1) is 14.0. The van der Waals surface area contributed by atoms with Crippen molar-refractivity contribution in [2.75, 3.05) is 6.61 Å². The Morgan fingerprint density at radius 3 is 2.42 bits per heavy atom. The predicted molar refractivity (Wildman–Crippen MR) is 59.4 cm³/mol. The Labute approximate surface area is 107 Å². The summed E-state index contributed by atoms with van der Waals surface area (Å²) in [6.45, 7) is -0.580. The van der Waals surface area contributed by atoms with Gasteiger partial charge in [-0.3, -0.25) is 4.79 Å². The van der Waals surface area contributed by atoms with Gasteiger partial charge in [0.2, 0.25) is 5.43 Å². The van der Waals surface area contributed by atoms with Crippen molar-refractivity contribution in [2.24, 2.45) is 0 Å². The molecule has 0 bridgehead atoms. The third-order valence-electron chi connectivity index (χ3n) is 3.01. The second kappa shape index (κ2) is 5.27. The highest BCUT2D eigenvalue weighted by Gasteiger charge is 2.45. The van der Waals surface area contributed by atoms with E-state index in [1.54, 1.807) is 0 Å². The maximum Gasteiger partial charge on any atom is 0.226 e. The molecule has 1 aromatic heterocycles. The quantitative estimate of drug-likeness (QED) is 0.411. The molecular weight excluding hydrogens is 260 g/mol. The van der Waals surface area contributed by atoms with Gasteiger partial charge in [0, 0.05) is 6.07 Å². The third-order valence-corrected chi connectivity index (χ3v) is 3.01. The van der Waals surface area contributed by atoms with E-state index in [0.717, 1.165) is 12.3 Å². The second-order valence-corrected chi connectivity index (χ2v) is 4.28. The van der Waals surface area contributed by atoms with Crippen LogP contribution in [0.3, 0.4) is 0 Å². The molecular formula is C11H14O8. The highest BCUT2D eigenvalue weighted by Crippen LogP contribution is 2.32. The summed E-state index contributed by atoms with van der Waals surface area (Å²) in [6, 6.07) is 0.905. The zero-order valence-electron chi connectivity index (χ0n) is 9.71. The number of aromatic hydroxyl groups is 1. The van der Waals surface area contributed by atoms with Crippen molar-refractivity contribution >= 4 is 0 Å². The van der Waals surface area contributed by atoms with Gasteiger partial charge in [0.05, 0.1) is 6.61 Å². The van der Waals surface area contributed by atoms with Crippen molar-refractivity contribution in [3.05, 3.63) is 28.3 Å². The van der Waals surface area contributed by atoms with Crippen LogP contribution in [0.5, 0.6) is 5.75 Å². The molecule has 0 unspecified atom stereocenters. The van der Waals surface area contributed by atoms with Gasteiger partial charge in [-0.15, -0.1) is 0 Å². The van der Waals surface area contributed by atoms with Crippen LogP contribution in [0.15, 0.2) is 21.5 Å². The van der Waals surface area contributed by atoms with Gasteiger partial charge in [-0.1, -0.05) is 0 Å². The lowest BCUT2D eigenvalue weighted by Gasteiger charge is -2.39. The molecule has 0 aliphatic carbocycles. The Morgan fingerprint density at radius 2 is 1.84 bits per heavy atom. The zero-order valence-corrected chi connectivity index (χ0v) is 9.71. The van der Waals surface area contributed by atoms with Crippen molar-refractivity contribution in [1.29, 1.82) is 0 Å². The highest BCUT2D eigenvalue weighted by molar-refractivity contribution is 5.18. The number of rotatable bonds is 2. The SMILES string of the molecule is O=c1cc([C@H]2O[C@H](CO)[C@H](O)[C@H](O)[C@H]2O)occ1O. The van der Waals surface area contributed by atoms with Crippen LogP contribution in [0.2, 0.25) is 0 Å². The molecule has 1 aliphatic heterocycles. The monoisotopic (exact) mass is 274 g/mol. The molecule has 19 heavy (non-hydrogen) atoms. The van der Waals surface area contributed by atoms with E-state index < -0.39 is 48.3 Å². The van der Waals surface area contributed by atoms with E-state index in [9.17, 15) is 20.1 Å². The van der Waals surface area contributed by atoms with Crippen LogP contribution in [0.1, 0.15) is 11.9 Å². The number of aliphatic hydroxyl groups is 4. The molecule has 8 nitrogen and oxygen atoms in total. The molecule has 1 aromatic rings. The Balaban J connectivity index is 2.32. The summed E-state index contributed by atoms with van der Waals surface area (Å²) in [5, 5.41) is 47.1. The first-order chi connectivity index (χ1) is 8.95. The van der Waals surface area contributed by atoms with Crippen molar-refractivity contribution < 1.29 is 34.7 Å². The molecule has 1 saturated heterocycles. The Kier molecular flexibility index (Phi) is 3.88. The van der Waals surface area contributed by atoms with Crippen molar-refractivity contribution in [3.63, 3.8) is 0 Å². The van der Waals surface area contributed by atoms with Crippen molar-refractivity contribution in [3.8, 4) is 5.75 Å². The molecule has 5 N–H and O–H groups in total. The lowest BCUT2D eigenvalue weighted by Crippen LogP contribution is -2.55. The van der Waals surface area contributed by atoms with E-state index >= 15 is 0 Å². The second-order valence-electron chi connectivity index (χ2n) is 4.28. The molecule has 0 spiro atoms. The maximum absolute atomic E-state index is 11.3. The van der Waals surface area contributed by atoms with Crippen LogP contribution in [-0.2, 0) is 4.74 Å². The van der Waals surface area contributed by atoms with E-state index in [0.29, 0.717) is 0 Å². The van der Waals surface area contributed by atoms with E-state index in [-0.39, 0.29) is 5.76 Å². The summed E-state index contributed by atoms with van der Waals surface area (Å²) in [6.07, 6.45) is -6.13. The number of hydrogen-bond acceptors (Lipinski definition) is 8. The van der Waals surface area contributed by atoms with Gasteiger partial charge in [0.1, 0.15) is 42.5 Å². The fourth-order valence-corrected chi connectivity index (χ4v) is 1.91. The minimum Gasteiger partial charge on any atom is -0.502 e. The van der Waals surface area contributed by atoms with Gasteiger partial charge in [-0.05, 0) is 0 Å². The average Bonchev–Trinajstić information content (AvgIpc) is 2.40. The molecule has 2 heterocycles. The number of aliphatic hydroxyl groups excluding tert-OH is 4. The lowest BCUT2D eigenvalue weighted by atomic mass is 9.94. The third kappa shape index (κ3) is 2.48. The molecule has 5 atom stereocenters. The molecule has 1 aliphatic rings. The zero-order chi connectivity index (χ0) is 14.2. The number of ether oxygens (including phenoxy) is 1. The fraction of sp³-hybridized carbons (Fsp3) is 0.545. The molecule has 1 fully saturated rings. The molecule has 0 amide bonds. The van der Waals surface area contributed by atoms with Gasteiger partial charge >= 0.3 is 0 Å². The van der Waals surface area contributed by atoms with Crippen LogP contribution in [-0.4, -0.2) is 56.6 Å². The average molecular weight is 274 g/mol. The molecule has 0 aromatic carbocycles. The summed E-state index contributed by atoms with van der Waals surface area (Å²) < 4.78 is 10.1. The predicted octanol–water partition coefficient (Wildman–Crippen LogP) is -2.14. The normalized spacial score (nSPS) is 35.3. The minimum atomic E-state index is -1.56. The molecule has 106 valence electrons. The van der Waals surface area contributed by atoms with Crippen molar-refractivity contribution in [1.82, 2.24) is 0 Å². The Morgan fingerprint density at radius 1 is 1.16 bits per heavy atom. The number of hydrogen-bond donors (Lipinski definition) is 5. The molecule has 0 saturated carbocycles. The van der Waals surface area contributed by atoms with Gasteiger partial charge in [0.15, 0.2) is 5.75 Å². The lowest BCUT2D eigenvalue weighted by molar-refractivity contribution is -0.235.